The van der Waals surface area contributed by atoms with Gasteiger partial charge >= 0.3 is 0 Å². The van der Waals surface area contributed by atoms with Gasteiger partial charge in [-0.25, -0.2) is 10.8 Å². The Balaban J connectivity index is 2.35. The van der Waals surface area contributed by atoms with Crippen molar-refractivity contribution >= 4 is 17.3 Å². The minimum atomic E-state index is 0.593. The Hall–Kier alpha value is -2.58. The molecule has 0 amide bonds. The number of pyridine rings is 1. The first-order valence-corrected chi connectivity index (χ1v) is 5.42. The average molecular weight is 239 g/mol. The number of anilines is 3. The summed E-state index contributed by atoms with van der Waals surface area (Å²) in [6.07, 6.45) is 0. The third-order valence-electron chi connectivity index (χ3n) is 2.59. The largest absolute Gasteiger partial charge is 0.329 e. The molecule has 5 heteroatoms. The van der Waals surface area contributed by atoms with Gasteiger partial charge in [0.25, 0.3) is 0 Å². The highest BCUT2D eigenvalue weighted by atomic mass is 15.3. The van der Waals surface area contributed by atoms with Crippen LogP contribution in [-0.4, -0.2) is 12.0 Å². The van der Waals surface area contributed by atoms with E-state index >= 15 is 0 Å². The smallest absolute Gasteiger partial charge is 0.142 e. The van der Waals surface area contributed by atoms with Crippen LogP contribution in [0.1, 0.15) is 5.56 Å². The standard InChI is InChI=1S/C13H13N5/c1-18(11-5-2-4-10(8-11)9-14)13-7-3-6-12(16-13)17-15/h2-8H,15H2,1H3,(H,16,17). The predicted octanol–water partition coefficient (Wildman–Crippen LogP) is 2.01. The van der Waals surface area contributed by atoms with E-state index in [-0.39, 0.29) is 0 Å². The molecule has 0 radical (unpaired) electrons. The molecule has 0 unspecified atom stereocenters. The van der Waals surface area contributed by atoms with Gasteiger partial charge < -0.3 is 10.3 Å². The minimum Gasteiger partial charge on any atom is -0.329 e. The number of benzene rings is 1. The summed E-state index contributed by atoms with van der Waals surface area (Å²) in [5.41, 5.74) is 4.02. The van der Waals surface area contributed by atoms with Gasteiger partial charge in [-0.05, 0) is 30.3 Å². The van der Waals surface area contributed by atoms with E-state index in [1.807, 2.05) is 42.3 Å². The fourth-order valence-corrected chi connectivity index (χ4v) is 1.61. The van der Waals surface area contributed by atoms with Gasteiger partial charge in [0.05, 0.1) is 11.6 Å². The Kier molecular flexibility index (Phi) is 3.41. The van der Waals surface area contributed by atoms with Gasteiger partial charge in [-0.2, -0.15) is 5.26 Å². The van der Waals surface area contributed by atoms with E-state index in [9.17, 15) is 0 Å². The number of nitrogens with two attached hydrogens (primary N) is 1. The Bertz CT molecular complexity index is 588. The van der Waals surface area contributed by atoms with Crippen molar-refractivity contribution in [2.75, 3.05) is 17.4 Å². The Morgan fingerprint density at radius 2 is 2.06 bits per heavy atom. The summed E-state index contributed by atoms with van der Waals surface area (Å²) in [4.78, 5) is 6.22. The second-order valence-corrected chi connectivity index (χ2v) is 3.75. The summed E-state index contributed by atoms with van der Waals surface area (Å²) in [7, 11) is 1.89. The average Bonchev–Trinajstić information content (AvgIpc) is 2.46. The van der Waals surface area contributed by atoms with Crippen molar-refractivity contribution in [1.82, 2.24) is 4.98 Å². The van der Waals surface area contributed by atoms with Crippen LogP contribution in [0.5, 0.6) is 0 Å². The molecule has 1 aromatic heterocycles. The van der Waals surface area contributed by atoms with Gasteiger partial charge in [0.2, 0.25) is 0 Å². The lowest BCUT2D eigenvalue weighted by Crippen LogP contribution is -2.14. The molecule has 5 nitrogen and oxygen atoms in total. The van der Waals surface area contributed by atoms with Crippen LogP contribution >= 0.6 is 0 Å². The van der Waals surface area contributed by atoms with E-state index in [0.717, 1.165) is 11.5 Å². The topological polar surface area (TPSA) is 78.0 Å². The number of hydrazine groups is 1. The number of nitrogen functional groups attached to an aromatic ring is 1. The van der Waals surface area contributed by atoms with Crippen molar-refractivity contribution in [3.8, 4) is 6.07 Å². The van der Waals surface area contributed by atoms with Crippen LogP contribution in [0.3, 0.4) is 0 Å². The summed E-state index contributed by atoms with van der Waals surface area (Å²) >= 11 is 0. The molecular formula is C13H13N5. The molecule has 0 spiro atoms. The van der Waals surface area contributed by atoms with Gasteiger partial charge in [-0.3, -0.25) is 0 Å². The van der Waals surface area contributed by atoms with Crippen LogP contribution in [0.4, 0.5) is 17.3 Å². The van der Waals surface area contributed by atoms with E-state index in [4.69, 9.17) is 11.1 Å². The lowest BCUT2D eigenvalue weighted by atomic mass is 10.2. The van der Waals surface area contributed by atoms with E-state index in [0.29, 0.717) is 11.4 Å². The lowest BCUT2D eigenvalue weighted by molar-refractivity contribution is 1.11. The molecule has 1 aromatic carbocycles. The SMILES string of the molecule is CN(c1cccc(C#N)c1)c1cccc(NN)n1. The fraction of sp³-hybridized carbons (Fsp3) is 0.0769. The molecule has 18 heavy (non-hydrogen) atoms. The van der Waals surface area contributed by atoms with Crippen LogP contribution in [0.2, 0.25) is 0 Å². The monoisotopic (exact) mass is 239 g/mol. The van der Waals surface area contributed by atoms with Crippen molar-refractivity contribution in [3.63, 3.8) is 0 Å². The summed E-state index contributed by atoms with van der Waals surface area (Å²) in [6.45, 7) is 0. The highest BCUT2D eigenvalue weighted by Crippen LogP contribution is 2.23. The summed E-state index contributed by atoms with van der Waals surface area (Å²) in [6, 6.07) is 15.0. The van der Waals surface area contributed by atoms with Gasteiger partial charge in [0.1, 0.15) is 11.6 Å². The van der Waals surface area contributed by atoms with Crippen LogP contribution in [-0.2, 0) is 0 Å². The van der Waals surface area contributed by atoms with Crippen molar-refractivity contribution in [2.24, 2.45) is 5.84 Å². The number of hydrogen-bond donors (Lipinski definition) is 2. The second kappa shape index (κ2) is 5.17. The molecule has 3 N–H and O–H groups in total. The van der Waals surface area contributed by atoms with Crippen LogP contribution < -0.4 is 16.2 Å². The number of hydrogen-bond acceptors (Lipinski definition) is 5. The zero-order chi connectivity index (χ0) is 13.0. The van der Waals surface area contributed by atoms with Crippen molar-refractivity contribution in [3.05, 3.63) is 48.0 Å². The lowest BCUT2D eigenvalue weighted by Gasteiger charge is -2.19. The first-order chi connectivity index (χ1) is 8.74. The number of aromatic nitrogens is 1. The molecule has 0 saturated carbocycles. The molecule has 0 aliphatic rings. The summed E-state index contributed by atoms with van der Waals surface area (Å²) < 4.78 is 0. The van der Waals surface area contributed by atoms with Gasteiger partial charge in [-0.1, -0.05) is 12.1 Å². The maximum atomic E-state index is 8.89. The van der Waals surface area contributed by atoms with Crippen molar-refractivity contribution in [2.45, 2.75) is 0 Å². The molecule has 0 fully saturated rings. The first-order valence-electron chi connectivity index (χ1n) is 5.42. The highest BCUT2D eigenvalue weighted by molar-refractivity contribution is 5.62. The zero-order valence-corrected chi connectivity index (χ0v) is 9.96. The molecule has 2 rings (SSSR count). The summed E-state index contributed by atoms with van der Waals surface area (Å²) in [5, 5.41) is 8.89. The summed E-state index contributed by atoms with van der Waals surface area (Å²) in [5.74, 6) is 6.67. The van der Waals surface area contributed by atoms with Gasteiger partial charge in [-0.15, -0.1) is 0 Å². The highest BCUT2D eigenvalue weighted by Gasteiger charge is 2.06. The fourth-order valence-electron chi connectivity index (χ4n) is 1.61. The number of nitrogens with zero attached hydrogens (tertiary/aromatic N) is 3. The van der Waals surface area contributed by atoms with E-state index < -0.39 is 0 Å². The Morgan fingerprint density at radius 3 is 2.78 bits per heavy atom. The predicted molar refractivity (Wildman–Crippen MR) is 71.3 cm³/mol. The van der Waals surface area contributed by atoms with Crippen molar-refractivity contribution < 1.29 is 0 Å². The molecule has 0 aliphatic carbocycles. The van der Waals surface area contributed by atoms with Gasteiger partial charge in [0, 0.05) is 12.7 Å². The molecule has 0 saturated heterocycles. The molecule has 90 valence electrons. The van der Waals surface area contributed by atoms with E-state index in [1.165, 1.54) is 0 Å². The third kappa shape index (κ3) is 2.39. The van der Waals surface area contributed by atoms with Crippen molar-refractivity contribution in [1.29, 1.82) is 5.26 Å². The van der Waals surface area contributed by atoms with E-state index in [1.54, 1.807) is 12.1 Å². The molecular weight excluding hydrogens is 226 g/mol. The number of rotatable bonds is 3. The number of nitrogens with one attached hydrogen (secondary N) is 1. The maximum Gasteiger partial charge on any atom is 0.142 e. The minimum absolute atomic E-state index is 0.593. The molecule has 0 atom stereocenters. The second-order valence-electron chi connectivity index (χ2n) is 3.75. The molecule has 1 heterocycles. The van der Waals surface area contributed by atoms with Crippen LogP contribution in [0, 0.1) is 11.3 Å². The zero-order valence-electron chi connectivity index (χ0n) is 9.96. The van der Waals surface area contributed by atoms with E-state index in [2.05, 4.69) is 16.5 Å². The maximum absolute atomic E-state index is 8.89. The van der Waals surface area contributed by atoms with Crippen LogP contribution in [0.25, 0.3) is 0 Å². The Morgan fingerprint density at radius 1 is 1.28 bits per heavy atom. The molecule has 0 aliphatic heterocycles. The Labute approximate surface area is 105 Å². The quantitative estimate of drug-likeness (QED) is 0.632. The normalized spacial score (nSPS) is 9.61. The first kappa shape index (κ1) is 11.9. The molecule has 0 bridgehead atoms. The number of nitriles is 1. The van der Waals surface area contributed by atoms with Gasteiger partial charge in [0.15, 0.2) is 0 Å². The third-order valence-corrected chi connectivity index (χ3v) is 2.59. The van der Waals surface area contributed by atoms with Crippen LogP contribution in [0.15, 0.2) is 42.5 Å². The molecule has 2 aromatic rings.